The summed E-state index contributed by atoms with van der Waals surface area (Å²) in [6.45, 7) is 9.49. The smallest absolute Gasteiger partial charge is 0.257 e. The molecule has 0 aromatic heterocycles. The standard InChI is InChI=1S/C21H34N2O3/c1-3-16-25-19-6-8-20(9-7-19)26-17-21(24)22-12-4-5-13-23-14-10-18(2)11-15-23/h6-9,18H,3-5,10-17H2,1-2H3,(H,22,24). The lowest BCUT2D eigenvalue weighted by molar-refractivity contribution is -0.123. The van der Waals surface area contributed by atoms with Crippen molar-refractivity contribution in [1.82, 2.24) is 10.2 Å². The SMILES string of the molecule is CCCOc1ccc(OCC(=O)NCCCCN2CCC(C)CC2)cc1. The van der Waals surface area contributed by atoms with Gasteiger partial charge in [0.05, 0.1) is 6.61 Å². The highest BCUT2D eigenvalue weighted by atomic mass is 16.5. The van der Waals surface area contributed by atoms with Crippen LogP contribution in [0, 0.1) is 5.92 Å². The molecule has 146 valence electrons. The molecule has 0 radical (unpaired) electrons. The zero-order valence-corrected chi connectivity index (χ0v) is 16.3. The Labute approximate surface area is 158 Å². The average molecular weight is 363 g/mol. The van der Waals surface area contributed by atoms with Crippen LogP contribution in [0.1, 0.15) is 46.0 Å². The Balaban J connectivity index is 1.51. The van der Waals surface area contributed by atoms with E-state index in [0.29, 0.717) is 12.4 Å². The molecule has 0 spiro atoms. The van der Waals surface area contributed by atoms with Gasteiger partial charge in [0.2, 0.25) is 0 Å². The van der Waals surface area contributed by atoms with Gasteiger partial charge < -0.3 is 19.7 Å². The molecule has 2 rings (SSSR count). The molecule has 1 aliphatic rings. The molecule has 1 heterocycles. The van der Waals surface area contributed by atoms with Crippen LogP contribution in [0.2, 0.25) is 0 Å². The molecule has 1 amide bonds. The van der Waals surface area contributed by atoms with Gasteiger partial charge in [0.15, 0.2) is 6.61 Å². The van der Waals surface area contributed by atoms with E-state index in [2.05, 4.69) is 24.1 Å². The summed E-state index contributed by atoms with van der Waals surface area (Å²) in [5, 5.41) is 2.93. The van der Waals surface area contributed by atoms with Gasteiger partial charge in [0.1, 0.15) is 11.5 Å². The predicted molar refractivity (Wildman–Crippen MR) is 105 cm³/mol. The van der Waals surface area contributed by atoms with E-state index in [1.165, 1.54) is 25.9 Å². The number of piperidine rings is 1. The number of amides is 1. The lowest BCUT2D eigenvalue weighted by Gasteiger charge is -2.30. The van der Waals surface area contributed by atoms with Crippen LogP contribution in [0.4, 0.5) is 0 Å². The third-order valence-corrected chi connectivity index (χ3v) is 4.77. The molecule has 1 aliphatic heterocycles. The van der Waals surface area contributed by atoms with Crippen LogP contribution in [0.15, 0.2) is 24.3 Å². The number of ether oxygens (including phenoxy) is 2. The average Bonchev–Trinajstić information content (AvgIpc) is 2.66. The normalized spacial score (nSPS) is 15.6. The Morgan fingerprint density at radius 1 is 1.12 bits per heavy atom. The summed E-state index contributed by atoms with van der Waals surface area (Å²) >= 11 is 0. The molecule has 0 aliphatic carbocycles. The molecule has 0 bridgehead atoms. The zero-order valence-electron chi connectivity index (χ0n) is 16.3. The Morgan fingerprint density at radius 2 is 1.77 bits per heavy atom. The molecule has 0 unspecified atom stereocenters. The number of nitrogens with zero attached hydrogens (tertiary/aromatic N) is 1. The van der Waals surface area contributed by atoms with Crippen molar-refractivity contribution in [2.24, 2.45) is 5.92 Å². The largest absolute Gasteiger partial charge is 0.494 e. The highest BCUT2D eigenvalue weighted by Gasteiger charge is 2.14. The maximum atomic E-state index is 11.9. The fourth-order valence-electron chi connectivity index (χ4n) is 3.03. The van der Waals surface area contributed by atoms with Crippen LogP contribution in [0.5, 0.6) is 11.5 Å². The molecule has 1 N–H and O–H groups in total. The summed E-state index contributed by atoms with van der Waals surface area (Å²) in [6.07, 6.45) is 5.77. The first-order valence-electron chi connectivity index (χ1n) is 10.0. The van der Waals surface area contributed by atoms with Gasteiger partial charge in [-0.05, 0) is 81.9 Å². The summed E-state index contributed by atoms with van der Waals surface area (Å²) in [7, 11) is 0. The predicted octanol–water partition coefficient (Wildman–Crippen LogP) is 3.48. The third kappa shape index (κ3) is 8.09. The molecular formula is C21H34N2O3. The van der Waals surface area contributed by atoms with E-state index in [-0.39, 0.29) is 12.5 Å². The summed E-state index contributed by atoms with van der Waals surface area (Å²) < 4.78 is 11.0. The first-order chi connectivity index (χ1) is 12.7. The van der Waals surface area contributed by atoms with Gasteiger partial charge in [0, 0.05) is 6.54 Å². The second-order valence-electron chi connectivity index (χ2n) is 7.19. The van der Waals surface area contributed by atoms with Crippen molar-refractivity contribution in [2.45, 2.75) is 46.0 Å². The topological polar surface area (TPSA) is 50.8 Å². The Hall–Kier alpha value is -1.75. The molecular weight excluding hydrogens is 328 g/mol. The number of benzene rings is 1. The minimum Gasteiger partial charge on any atom is -0.494 e. The van der Waals surface area contributed by atoms with E-state index in [0.717, 1.165) is 44.0 Å². The van der Waals surface area contributed by atoms with E-state index in [1.54, 1.807) is 0 Å². The third-order valence-electron chi connectivity index (χ3n) is 4.77. The van der Waals surface area contributed by atoms with Gasteiger partial charge in [-0.3, -0.25) is 4.79 Å². The molecule has 0 saturated carbocycles. The fraction of sp³-hybridized carbons (Fsp3) is 0.667. The first-order valence-corrected chi connectivity index (χ1v) is 10.0. The van der Waals surface area contributed by atoms with Crippen LogP contribution in [-0.2, 0) is 4.79 Å². The van der Waals surface area contributed by atoms with Crippen LogP contribution in [0.25, 0.3) is 0 Å². The van der Waals surface area contributed by atoms with Crippen molar-refractivity contribution < 1.29 is 14.3 Å². The molecule has 1 fully saturated rings. The minimum absolute atomic E-state index is 0.0547. The summed E-state index contributed by atoms with van der Waals surface area (Å²) in [5.41, 5.74) is 0. The van der Waals surface area contributed by atoms with Gasteiger partial charge in [-0.2, -0.15) is 0 Å². The maximum Gasteiger partial charge on any atom is 0.257 e. The number of hydrogen-bond acceptors (Lipinski definition) is 4. The highest BCUT2D eigenvalue weighted by Crippen LogP contribution is 2.18. The van der Waals surface area contributed by atoms with E-state index >= 15 is 0 Å². The number of rotatable bonds is 11. The Morgan fingerprint density at radius 3 is 2.42 bits per heavy atom. The quantitative estimate of drug-likeness (QED) is 0.612. The number of unbranched alkanes of at least 4 members (excludes halogenated alkanes) is 1. The summed E-state index contributed by atoms with van der Waals surface area (Å²) in [6, 6.07) is 7.39. The fourth-order valence-corrected chi connectivity index (χ4v) is 3.03. The van der Waals surface area contributed by atoms with Gasteiger partial charge in [-0.15, -0.1) is 0 Å². The minimum atomic E-state index is -0.0666. The van der Waals surface area contributed by atoms with Crippen molar-refractivity contribution in [3.05, 3.63) is 24.3 Å². The number of hydrogen-bond donors (Lipinski definition) is 1. The van der Waals surface area contributed by atoms with Crippen molar-refractivity contribution >= 4 is 5.91 Å². The van der Waals surface area contributed by atoms with Crippen molar-refractivity contribution in [3.8, 4) is 11.5 Å². The van der Waals surface area contributed by atoms with Gasteiger partial charge in [-0.1, -0.05) is 13.8 Å². The van der Waals surface area contributed by atoms with Crippen molar-refractivity contribution in [2.75, 3.05) is 39.4 Å². The van der Waals surface area contributed by atoms with Gasteiger partial charge in [-0.25, -0.2) is 0 Å². The van der Waals surface area contributed by atoms with E-state index in [4.69, 9.17) is 9.47 Å². The summed E-state index contributed by atoms with van der Waals surface area (Å²) in [5.74, 6) is 2.32. The van der Waals surface area contributed by atoms with Crippen molar-refractivity contribution in [1.29, 1.82) is 0 Å². The Bertz CT molecular complexity index is 510. The first kappa shape index (κ1) is 20.6. The number of likely N-dealkylation sites (tertiary alicyclic amines) is 1. The van der Waals surface area contributed by atoms with Crippen LogP contribution >= 0.6 is 0 Å². The lowest BCUT2D eigenvalue weighted by atomic mass is 9.99. The molecule has 0 atom stereocenters. The van der Waals surface area contributed by atoms with E-state index in [9.17, 15) is 4.79 Å². The highest BCUT2D eigenvalue weighted by molar-refractivity contribution is 5.77. The van der Waals surface area contributed by atoms with E-state index < -0.39 is 0 Å². The zero-order chi connectivity index (χ0) is 18.6. The summed E-state index contributed by atoms with van der Waals surface area (Å²) in [4.78, 5) is 14.4. The Kier molecular flexibility index (Phi) is 9.32. The second kappa shape index (κ2) is 11.8. The molecule has 1 aromatic rings. The van der Waals surface area contributed by atoms with Gasteiger partial charge >= 0.3 is 0 Å². The molecule has 26 heavy (non-hydrogen) atoms. The number of nitrogens with one attached hydrogen (secondary N) is 1. The van der Waals surface area contributed by atoms with Crippen LogP contribution in [-0.4, -0.2) is 50.2 Å². The molecule has 1 aromatic carbocycles. The second-order valence-corrected chi connectivity index (χ2v) is 7.19. The van der Waals surface area contributed by atoms with Crippen LogP contribution < -0.4 is 14.8 Å². The van der Waals surface area contributed by atoms with Crippen LogP contribution in [0.3, 0.4) is 0 Å². The van der Waals surface area contributed by atoms with Gasteiger partial charge in [0.25, 0.3) is 5.91 Å². The maximum absolute atomic E-state index is 11.9. The van der Waals surface area contributed by atoms with Crippen molar-refractivity contribution in [3.63, 3.8) is 0 Å². The van der Waals surface area contributed by atoms with E-state index in [1.807, 2.05) is 24.3 Å². The monoisotopic (exact) mass is 362 g/mol. The number of carbonyl (C=O) groups excluding carboxylic acids is 1. The lowest BCUT2D eigenvalue weighted by Crippen LogP contribution is -2.34. The molecule has 5 nitrogen and oxygen atoms in total. The molecule has 1 saturated heterocycles. The number of carbonyl (C=O) groups is 1. The molecule has 5 heteroatoms.